The van der Waals surface area contributed by atoms with E-state index in [9.17, 15) is 13.6 Å². The summed E-state index contributed by atoms with van der Waals surface area (Å²) in [6.07, 6.45) is 4.01. The first kappa shape index (κ1) is 29.1. The van der Waals surface area contributed by atoms with Crippen LogP contribution in [0.1, 0.15) is 36.5 Å². The number of rotatable bonds is 8. The number of aromatic nitrogens is 3. The van der Waals surface area contributed by atoms with Crippen LogP contribution < -0.4 is 20.3 Å². The minimum atomic E-state index is -1.77. The van der Waals surface area contributed by atoms with Gasteiger partial charge >= 0.3 is 0 Å². The molecule has 43 heavy (non-hydrogen) atoms. The molecule has 2 fully saturated rings. The van der Waals surface area contributed by atoms with Crippen LogP contribution in [0, 0.1) is 0 Å². The van der Waals surface area contributed by atoms with Gasteiger partial charge in [-0.15, -0.1) is 0 Å². The van der Waals surface area contributed by atoms with Gasteiger partial charge in [-0.2, -0.15) is 5.10 Å². The maximum atomic E-state index is 14.4. The van der Waals surface area contributed by atoms with Crippen LogP contribution >= 0.6 is 0 Å². The number of carbonyl (C=O) groups excluding carboxylic acids is 1. The van der Waals surface area contributed by atoms with Gasteiger partial charge in [0.1, 0.15) is 23.6 Å². The van der Waals surface area contributed by atoms with Crippen LogP contribution in [0.15, 0.2) is 53.9 Å². The number of alkyl halides is 1. The number of pyridine rings is 1. The number of nitrogens with zero attached hydrogens (tertiary/aromatic N) is 4. The lowest BCUT2D eigenvalue weighted by Gasteiger charge is -2.34. The minimum absolute atomic E-state index is 0.0142. The molecule has 10 nitrogen and oxygen atoms in total. The van der Waals surface area contributed by atoms with E-state index in [0.717, 1.165) is 56.5 Å². The zero-order valence-corrected chi connectivity index (χ0v) is 24.5. The Labute approximate surface area is 249 Å². The SMILES string of the molecule is CN1CCN(c2ccc(C(=O)Nc3n[nH]c4ccc(OCC5=CC(F)=CC(C)(F)C5)nc34)c(NC3CCOCC3)c2)CC1. The fourth-order valence-corrected chi connectivity index (χ4v) is 5.73. The molecule has 4 heterocycles. The topological polar surface area (TPSA) is 108 Å². The lowest BCUT2D eigenvalue weighted by atomic mass is 9.93. The summed E-state index contributed by atoms with van der Waals surface area (Å²) in [5.74, 6) is -0.440. The van der Waals surface area contributed by atoms with Gasteiger partial charge in [0.25, 0.3) is 5.91 Å². The molecule has 2 saturated heterocycles. The Hall–Kier alpha value is -4.03. The van der Waals surface area contributed by atoms with Crippen molar-refractivity contribution in [1.29, 1.82) is 0 Å². The van der Waals surface area contributed by atoms with Crippen LogP contribution in [-0.2, 0) is 4.74 Å². The van der Waals surface area contributed by atoms with Crippen molar-refractivity contribution in [3.63, 3.8) is 0 Å². The number of amides is 1. The predicted molar refractivity (Wildman–Crippen MR) is 162 cm³/mol. The van der Waals surface area contributed by atoms with Crippen molar-refractivity contribution >= 4 is 34.1 Å². The lowest BCUT2D eigenvalue weighted by molar-refractivity contribution is 0.0904. The number of H-pyrrole nitrogens is 1. The molecule has 0 radical (unpaired) electrons. The molecule has 228 valence electrons. The van der Waals surface area contributed by atoms with E-state index in [1.54, 1.807) is 12.1 Å². The van der Waals surface area contributed by atoms with E-state index in [4.69, 9.17) is 9.47 Å². The van der Waals surface area contributed by atoms with Gasteiger partial charge in [0.05, 0.1) is 11.1 Å². The summed E-state index contributed by atoms with van der Waals surface area (Å²) in [6, 6.07) is 9.48. The van der Waals surface area contributed by atoms with E-state index in [2.05, 4.69) is 48.7 Å². The summed E-state index contributed by atoms with van der Waals surface area (Å²) in [6.45, 7) is 6.49. The van der Waals surface area contributed by atoms with Gasteiger partial charge in [0, 0.05) is 69.3 Å². The third-order valence-electron chi connectivity index (χ3n) is 8.07. The molecule has 1 aromatic carbocycles. The number of benzene rings is 1. The molecule has 3 N–H and O–H groups in total. The van der Waals surface area contributed by atoms with Gasteiger partial charge in [0.2, 0.25) is 5.88 Å². The first-order valence-electron chi connectivity index (χ1n) is 14.7. The fraction of sp³-hybridized carbons (Fsp3) is 0.452. The Morgan fingerprint density at radius 1 is 1.19 bits per heavy atom. The molecule has 1 aliphatic carbocycles. The third-order valence-corrected chi connectivity index (χ3v) is 8.07. The Balaban J connectivity index is 1.20. The molecule has 1 unspecified atom stereocenters. The normalized spacial score (nSPS) is 21.8. The average Bonchev–Trinajstić information content (AvgIpc) is 3.37. The summed E-state index contributed by atoms with van der Waals surface area (Å²) >= 11 is 0. The Morgan fingerprint density at radius 3 is 2.74 bits per heavy atom. The summed E-state index contributed by atoms with van der Waals surface area (Å²) in [5.41, 5.74) is 2.08. The van der Waals surface area contributed by atoms with Crippen LogP contribution in [0.2, 0.25) is 0 Å². The highest BCUT2D eigenvalue weighted by Gasteiger charge is 2.27. The average molecular weight is 594 g/mol. The molecule has 2 aromatic heterocycles. The quantitative estimate of drug-likeness (QED) is 0.341. The largest absolute Gasteiger partial charge is 0.473 e. The number of fused-ring (bicyclic) bond motifs is 1. The van der Waals surface area contributed by atoms with Crippen LogP contribution in [0.3, 0.4) is 0 Å². The van der Waals surface area contributed by atoms with E-state index in [1.165, 1.54) is 13.0 Å². The van der Waals surface area contributed by atoms with Crippen molar-refractivity contribution in [3.05, 3.63) is 59.4 Å². The van der Waals surface area contributed by atoms with E-state index in [-0.39, 0.29) is 36.7 Å². The predicted octanol–water partition coefficient (Wildman–Crippen LogP) is 4.84. The van der Waals surface area contributed by atoms with Crippen molar-refractivity contribution in [3.8, 4) is 5.88 Å². The number of aromatic amines is 1. The number of allylic oxidation sites excluding steroid dienone is 3. The minimum Gasteiger partial charge on any atom is -0.473 e. The molecule has 1 atom stereocenters. The fourth-order valence-electron chi connectivity index (χ4n) is 5.73. The molecule has 0 bridgehead atoms. The highest BCUT2D eigenvalue weighted by atomic mass is 19.1. The Kier molecular flexibility index (Phi) is 8.31. The molecule has 3 aliphatic rings. The number of halogens is 2. The van der Waals surface area contributed by atoms with Crippen molar-refractivity contribution < 1.29 is 23.0 Å². The second kappa shape index (κ2) is 12.3. The maximum absolute atomic E-state index is 14.4. The van der Waals surface area contributed by atoms with Gasteiger partial charge in [-0.1, -0.05) is 0 Å². The monoisotopic (exact) mass is 593 g/mol. The van der Waals surface area contributed by atoms with Gasteiger partial charge in [-0.25, -0.2) is 13.8 Å². The van der Waals surface area contributed by atoms with Crippen molar-refractivity contribution in [2.45, 2.75) is 37.9 Å². The number of anilines is 3. The highest BCUT2D eigenvalue weighted by molar-refractivity contribution is 6.10. The number of carbonyl (C=O) groups is 1. The summed E-state index contributed by atoms with van der Waals surface area (Å²) in [4.78, 5) is 22.8. The van der Waals surface area contributed by atoms with Gasteiger partial charge in [0.15, 0.2) is 5.82 Å². The number of hydrogen-bond acceptors (Lipinski definition) is 8. The van der Waals surface area contributed by atoms with Crippen LogP contribution in [0.5, 0.6) is 5.88 Å². The number of nitrogens with one attached hydrogen (secondary N) is 3. The lowest BCUT2D eigenvalue weighted by Crippen LogP contribution is -2.44. The molecule has 12 heteroatoms. The highest BCUT2D eigenvalue weighted by Crippen LogP contribution is 2.31. The molecule has 0 spiro atoms. The molecule has 1 amide bonds. The smallest absolute Gasteiger partial charge is 0.259 e. The maximum Gasteiger partial charge on any atom is 0.259 e. The van der Waals surface area contributed by atoms with Crippen LogP contribution in [0.25, 0.3) is 11.0 Å². The van der Waals surface area contributed by atoms with Gasteiger partial charge in [-0.3, -0.25) is 9.89 Å². The van der Waals surface area contributed by atoms with Crippen LogP contribution in [-0.4, -0.2) is 90.7 Å². The molecule has 3 aromatic rings. The molecule has 2 aliphatic heterocycles. The second-order valence-electron chi connectivity index (χ2n) is 11.7. The zero-order chi connectivity index (χ0) is 30.0. The Morgan fingerprint density at radius 2 is 1.98 bits per heavy atom. The molecule has 0 saturated carbocycles. The third kappa shape index (κ3) is 6.97. The van der Waals surface area contributed by atoms with Crippen molar-refractivity contribution in [2.24, 2.45) is 0 Å². The van der Waals surface area contributed by atoms with Gasteiger partial charge in [-0.05, 0) is 68.8 Å². The van der Waals surface area contributed by atoms with Gasteiger partial charge < -0.3 is 29.9 Å². The number of ether oxygens (including phenoxy) is 2. The first-order valence-corrected chi connectivity index (χ1v) is 14.7. The number of likely N-dealkylation sites (N-methyl/N-ethyl adjacent to an activating group) is 1. The van der Waals surface area contributed by atoms with E-state index >= 15 is 0 Å². The summed E-state index contributed by atoms with van der Waals surface area (Å²) in [7, 11) is 2.12. The van der Waals surface area contributed by atoms with Crippen molar-refractivity contribution in [1.82, 2.24) is 20.1 Å². The number of piperazine rings is 1. The molecule has 6 rings (SSSR count). The van der Waals surface area contributed by atoms with E-state index < -0.39 is 11.5 Å². The summed E-state index contributed by atoms with van der Waals surface area (Å²) in [5, 5.41) is 13.7. The number of hydrogen-bond donors (Lipinski definition) is 3. The molecular weight excluding hydrogens is 556 g/mol. The van der Waals surface area contributed by atoms with Crippen LogP contribution in [0.4, 0.5) is 26.0 Å². The van der Waals surface area contributed by atoms with E-state index in [0.29, 0.717) is 35.4 Å². The van der Waals surface area contributed by atoms with E-state index in [1.807, 2.05) is 12.1 Å². The second-order valence-corrected chi connectivity index (χ2v) is 11.7. The van der Waals surface area contributed by atoms with Crippen molar-refractivity contribution in [2.75, 3.05) is 68.6 Å². The summed E-state index contributed by atoms with van der Waals surface area (Å²) < 4.78 is 39.5. The molecular formula is C31H37F2N7O3. The Bertz CT molecular complexity index is 1540. The zero-order valence-electron chi connectivity index (χ0n) is 24.5. The standard InChI is InChI=1S/C31H37F2N7O3/c1-31(33)17-20(15-21(32)18-31)19-43-27-6-5-25-28(35-27)29(38-37-25)36-30(41)24-4-3-23(40-11-9-39(2)10-12-40)16-26(24)34-22-7-13-42-14-8-22/h3-6,15-16,18,22,34H,7-14,17,19H2,1-2H3,(H2,36,37,38,41). The first-order chi connectivity index (χ1) is 20.7.